The third-order valence-electron chi connectivity index (χ3n) is 19.5. The molecule has 0 unspecified atom stereocenters. The number of benzene rings is 10. The number of hydrogen-bond acceptors (Lipinski definition) is 3. The summed E-state index contributed by atoms with van der Waals surface area (Å²) in [6.45, 7) is 59.8. The van der Waals surface area contributed by atoms with Gasteiger partial charge in [0.05, 0.1) is 0 Å². The van der Waals surface area contributed by atoms with Crippen LogP contribution < -0.4 is 20.7 Å². The molecule has 10 aromatic carbocycles. The van der Waals surface area contributed by atoms with Crippen LogP contribution in [0.25, 0.3) is 44.0 Å². The van der Waals surface area contributed by atoms with Crippen LogP contribution in [0.15, 0.2) is 232 Å². The highest BCUT2D eigenvalue weighted by atomic mass is 28.3. The van der Waals surface area contributed by atoms with E-state index < -0.39 is 24.2 Å². The van der Waals surface area contributed by atoms with E-state index in [0.717, 1.165) is 40.5 Å². The fraction of sp³-hybridized carbons (Fsp3) is 0.320. The topological polar surface area (TPSA) is 39.4 Å². The first kappa shape index (κ1) is 81.8. The Bertz CT molecular complexity index is 4760. The van der Waals surface area contributed by atoms with Crippen molar-refractivity contribution in [2.24, 2.45) is 5.41 Å². The molecule has 0 bridgehead atoms. The van der Waals surface area contributed by atoms with E-state index in [0.29, 0.717) is 11.3 Å². The second-order valence-corrected chi connectivity index (χ2v) is 47.2. The molecule has 0 N–H and O–H groups in total. The summed E-state index contributed by atoms with van der Waals surface area (Å²) < 4.78 is 17.0. The molecule has 0 amide bonds. The van der Waals surface area contributed by atoms with Gasteiger partial charge in [-0.2, -0.15) is 0 Å². The van der Waals surface area contributed by atoms with Crippen molar-refractivity contribution in [3.8, 4) is 11.1 Å². The first-order chi connectivity index (χ1) is 48.3. The van der Waals surface area contributed by atoms with Crippen LogP contribution in [0.3, 0.4) is 0 Å². The van der Waals surface area contributed by atoms with E-state index in [1.165, 1.54) is 127 Å². The van der Waals surface area contributed by atoms with Gasteiger partial charge in [0.15, 0.2) is 0 Å². The van der Waals surface area contributed by atoms with Crippen molar-refractivity contribution in [3.05, 3.63) is 319 Å². The van der Waals surface area contributed by atoms with Gasteiger partial charge in [0.1, 0.15) is 50.2 Å². The molecule has 3 nitrogen and oxygen atoms in total. The second kappa shape index (κ2) is 35.8. The van der Waals surface area contributed by atoms with Gasteiger partial charge in [-0.3, -0.25) is 0 Å². The van der Waals surface area contributed by atoms with Gasteiger partial charge in [0.25, 0.3) is 0 Å². The molecule has 0 fully saturated rings. The van der Waals surface area contributed by atoms with Gasteiger partial charge in [-0.05, 0) is 201 Å². The van der Waals surface area contributed by atoms with Crippen LogP contribution in [0.5, 0.6) is 0 Å². The van der Waals surface area contributed by atoms with E-state index in [1.54, 1.807) is 10.4 Å². The molecule has 0 saturated heterocycles. The normalized spacial score (nSPS) is 11.9. The lowest BCUT2D eigenvalue weighted by atomic mass is 9.87. The SMILES string of the molecule is Cc1ccc(C)cc1.Cc1ccc(C)cc1.Cc1ccc(C[Si](C)(C)C)cc1.Cc1ccc([Si](C)(C)c2ccccc2)cc1.Cc1ccc2c(C)c(C(C)C)oc2c1.Cc1ccc2c(C)c(C)oc2c1.Cc1ccc2c(c1)[Si](C)(C)c1cc(CC(C)(C)C)ccc1-2.Cc1ccc2oc(C)c(C)c2c1. The summed E-state index contributed by atoms with van der Waals surface area (Å²) in [4.78, 5) is 0. The van der Waals surface area contributed by atoms with Gasteiger partial charge in [-0.25, -0.2) is 0 Å². The summed E-state index contributed by atoms with van der Waals surface area (Å²) in [5.74, 6) is 3.62. The Morgan fingerprint density at radius 3 is 1.17 bits per heavy atom. The first-order valence-corrected chi connectivity index (χ1v) is 46.9. The van der Waals surface area contributed by atoms with E-state index in [-0.39, 0.29) is 0 Å². The zero-order chi connectivity index (χ0) is 75.9. The van der Waals surface area contributed by atoms with E-state index in [9.17, 15) is 0 Å². The van der Waals surface area contributed by atoms with Crippen molar-refractivity contribution in [3.63, 3.8) is 0 Å². The summed E-state index contributed by atoms with van der Waals surface area (Å²) in [6.07, 6.45) is 1.15. The van der Waals surface area contributed by atoms with Gasteiger partial charge in [0.2, 0.25) is 0 Å². The van der Waals surface area contributed by atoms with Crippen molar-refractivity contribution < 1.29 is 13.3 Å². The van der Waals surface area contributed by atoms with E-state index in [1.807, 2.05) is 19.9 Å². The van der Waals surface area contributed by atoms with Gasteiger partial charge < -0.3 is 13.3 Å². The van der Waals surface area contributed by atoms with Gasteiger partial charge >= 0.3 is 0 Å². The zero-order valence-corrected chi connectivity index (χ0v) is 71.0. The lowest BCUT2D eigenvalue weighted by Gasteiger charge is -2.23. The van der Waals surface area contributed by atoms with Crippen LogP contribution in [0.1, 0.15) is 141 Å². The molecule has 0 saturated carbocycles. The molecule has 13 aromatic rings. The monoisotopic (exact) mass is 1420 g/mol. The second-order valence-electron chi connectivity index (χ2n) is 33.0. The minimum Gasteiger partial charge on any atom is -0.461 e. The zero-order valence-electron chi connectivity index (χ0n) is 68.0. The van der Waals surface area contributed by atoms with Crippen molar-refractivity contribution in [2.45, 2.75) is 203 Å². The Kier molecular flexibility index (Phi) is 28.4. The predicted octanol–water partition coefficient (Wildman–Crippen LogP) is 26.1. The van der Waals surface area contributed by atoms with Crippen LogP contribution in [0, 0.1) is 109 Å². The molecule has 4 heterocycles. The number of fused-ring (bicyclic) bond motifs is 6. The summed E-state index contributed by atoms with van der Waals surface area (Å²) in [6, 6.07) is 80.2. The maximum atomic E-state index is 5.84. The Hall–Kier alpha value is -8.53. The van der Waals surface area contributed by atoms with Crippen molar-refractivity contribution in [1.82, 2.24) is 0 Å². The largest absolute Gasteiger partial charge is 0.461 e. The Balaban J connectivity index is 0.000000168. The number of hydrogen-bond donors (Lipinski definition) is 0. The van der Waals surface area contributed by atoms with Crippen molar-refractivity contribution >= 4 is 77.9 Å². The van der Waals surface area contributed by atoms with Crippen LogP contribution in [0.4, 0.5) is 0 Å². The van der Waals surface area contributed by atoms with Crippen LogP contribution in [-0.4, -0.2) is 24.2 Å². The average Bonchev–Trinajstić information content (AvgIpc) is 1.58. The lowest BCUT2D eigenvalue weighted by Crippen LogP contribution is -2.52. The maximum Gasteiger partial charge on any atom is 0.134 e. The molecular formula is C97H122O3Si3. The van der Waals surface area contributed by atoms with Crippen LogP contribution >= 0.6 is 0 Å². The van der Waals surface area contributed by atoms with Crippen molar-refractivity contribution in [2.75, 3.05) is 0 Å². The molecule has 6 heteroatoms. The summed E-state index contributed by atoms with van der Waals surface area (Å²) >= 11 is 0. The molecular weight excluding hydrogens is 1300 g/mol. The van der Waals surface area contributed by atoms with E-state index >= 15 is 0 Å². The summed E-state index contributed by atoms with van der Waals surface area (Å²) in [5, 5.41) is 9.98. The molecule has 540 valence electrons. The van der Waals surface area contributed by atoms with Gasteiger partial charge in [-0.15, -0.1) is 0 Å². The van der Waals surface area contributed by atoms with Crippen molar-refractivity contribution in [1.29, 1.82) is 0 Å². The van der Waals surface area contributed by atoms with E-state index in [4.69, 9.17) is 13.3 Å². The van der Waals surface area contributed by atoms with Gasteiger partial charge in [0, 0.05) is 30.2 Å². The Morgan fingerprint density at radius 2 is 0.699 bits per heavy atom. The molecule has 0 atom stereocenters. The molecule has 3 aromatic heterocycles. The molecule has 0 radical (unpaired) electrons. The third kappa shape index (κ3) is 23.5. The predicted molar refractivity (Wildman–Crippen MR) is 462 cm³/mol. The fourth-order valence-electron chi connectivity index (χ4n) is 13.0. The minimum absolute atomic E-state index is 0.349. The maximum absolute atomic E-state index is 5.84. The minimum atomic E-state index is -1.52. The smallest absolute Gasteiger partial charge is 0.134 e. The highest BCUT2D eigenvalue weighted by Crippen LogP contribution is 2.33. The summed E-state index contributed by atoms with van der Waals surface area (Å²) in [7, 11) is -3.91. The Morgan fingerprint density at radius 1 is 0.340 bits per heavy atom. The van der Waals surface area contributed by atoms with E-state index in [2.05, 4.69) is 383 Å². The highest BCUT2D eigenvalue weighted by molar-refractivity contribution is 7.04. The third-order valence-corrected chi connectivity index (χ3v) is 28.1. The quantitative estimate of drug-likeness (QED) is 0.156. The lowest BCUT2D eigenvalue weighted by molar-refractivity contribution is 0.411. The van der Waals surface area contributed by atoms with Gasteiger partial charge in [-0.1, -0.05) is 335 Å². The molecule has 1 aliphatic rings. The molecule has 103 heavy (non-hydrogen) atoms. The molecule has 0 aliphatic carbocycles. The number of aryl methyl sites for hydroxylation is 15. The first-order valence-electron chi connectivity index (χ1n) is 37.2. The molecule has 1 aliphatic heterocycles. The standard InChI is InChI=1S/C20H26Si.C15H18Si.C13H16O.2C11H12O.C11H18Si.2C8H10/c1-14-7-9-16-17-10-8-15(13-20(2,3)4)12-19(17)21(5,6)18(16)11-14;1-13-9-11-15(12-10-13)16(2,3)14-7-5-4-6-8-14;1-8(2)13-10(4)11-6-5-9(3)7-12(11)14-13;1-7-4-5-11-10(6-7)8(2)9(3)12-11;1-7-4-5-10-8(2)9(3)12-11(10)6-7;1-10-5-7-11(8-6-10)9-12(2,3)4;2*1-7-3-5-8(2)6-4-7/h7-12H,13H2,1-6H3;4-12H,1-3H3;5-8H,1-4H3;2*4-6H,1-3H3;5-8H,9H2,1-4H3;2*3-6H,1-2H3. The molecule has 14 rings (SSSR count). The number of rotatable bonds is 6. The summed E-state index contributed by atoms with van der Waals surface area (Å²) in [5.41, 5.74) is 26.3. The Labute approximate surface area is 625 Å². The van der Waals surface area contributed by atoms with Crippen LogP contribution in [-0.2, 0) is 12.5 Å². The highest BCUT2D eigenvalue weighted by Gasteiger charge is 2.37. The molecule has 0 spiro atoms. The number of furan rings is 3. The average molecular weight is 1420 g/mol. The van der Waals surface area contributed by atoms with Crippen LogP contribution in [0.2, 0.25) is 45.8 Å². The fourth-order valence-corrected chi connectivity index (χ4v) is 20.0.